The Bertz CT molecular complexity index is 497. The first-order chi connectivity index (χ1) is 9.17. The zero-order valence-electron chi connectivity index (χ0n) is 10.8. The topological polar surface area (TPSA) is 73.6 Å². The minimum absolute atomic E-state index is 0.0370. The van der Waals surface area contributed by atoms with Crippen molar-refractivity contribution in [3.63, 3.8) is 0 Å². The van der Waals surface area contributed by atoms with Crippen molar-refractivity contribution in [3.8, 4) is 11.5 Å². The van der Waals surface area contributed by atoms with Gasteiger partial charge in [-0.1, -0.05) is 6.07 Å². The zero-order valence-corrected chi connectivity index (χ0v) is 10.8. The van der Waals surface area contributed by atoms with Gasteiger partial charge in [0.25, 0.3) is 0 Å². The summed E-state index contributed by atoms with van der Waals surface area (Å²) in [5.41, 5.74) is 6.34. The van der Waals surface area contributed by atoms with E-state index in [2.05, 4.69) is 5.32 Å². The molecular formula is C14H18N2O3. The van der Waals surface area contributed by atoms with Crippen molar-refractivity contribution >= 4 is 5.91 Å². The molecule has 19 heavy (non-hydrogen) atoms. The van der Waals surface area contributed by atoms with Gasteiger partial charge in [-0.25, -0.2) is 0 Å². The van der Waals surface area contributed by atoms with Gasteiger partial charge in [-0.3, -0.25) is 4.79 Å². The smallest absolute Gasteiger partial charge is 0.240 e. The monoisotopic (exact) mass is 262 g/mol. The summed E-state index contributed by atoms with van der Waals surface area (Å²) in [5, 5.41) is 2.88. The first-order valence-corrected chi connectivity index (χ1v) is 6.63. The van der Waals surface area contributed by atoms with Crippen LogP contribution in [0.3, 0.4) is 0 Å². The number of ether oxygens (including phenoxy) is 2. The Balaban J connectivity index is 1.54. The van der Waals surface area contributed by atoms with Gasteiger partial charge < -0.3 is 20.5 Å². The lowest BCUT2D eigenvalue weighted by Gasteiger charge is -2.19. The largest absolute Gasteiger partial charge is 0.486 e. The SMILES string of the molecule is NC1(C(=O)NCCc2ccc3c(c2)OCCO3)CC1. The van der Waals surface area contributed by atoms with Crippen LogP contribution in [0, 0.1) is 0 Å². The van der Waals surface area contributed by atoms with Gasteiger partial charge in [0.05, 0.1) is 5.54 Å². The Kier molecular flexibility index (Phi) is 3.06. The maximum Gasteiger partial charge on any atom is 0.240 e. The van der Waals surface area contributed by atoms with E-state index in [0.717, 1.165) is 36.3 Å². The minimum Gasteiger partial charge on any atom is -0.486 e. The van der Waals surface area contributed by atoms with Crippen LogP contribution in [0.15, 0.2) is 18.2 Å². The summed E-state index contributed by atoms with van der Waals surface area (Å²) in [6, 6.07) is 5.88. The molecule has 3 rings (SSSR count). The molecule has 5 heteroatoms. The highest BCUT2D eigenvalue weighted by molar-refractivity contribution is 5.88. The van der Waals surface area contributed by atoms with Crippen LogP contribution in [-0.4, -0.2) is 31.2 Å². The molecule has 1 fully saturated rings. The number of amides is 1. The third kappa shape index (κ3) is 2.66. The van der Waals surface area contributed by atoms with E-state index in [4.69, 9.17) is 15.2 Å². The van der Waals surface area contributed by atoms with E-state index in [9.17, 15) is 4.79 Å². The molecule has 1 aromatic rings. The minimum atomic E-state index is -0.590. The molecule has 0 radical (unpaired) electrons. The molecule has 1 heterocycles. The van der Waals surface area contributed by atoms with Crippen molar-refractivity contribution in [1.29, 1.82) is 0 Å². The van der Waals surface area contributed by atoms with Gasteiger partial charge in [-0.2, -0.15) is 0 Å². The fourth-order valence-corrected chi connectivity index (χ4v) is 2.10. The van der Waals surface area contributed by atoms with E-state index >= 15 is 0 Å². The van der Waals surface area contributed by atoms with Gasteiger partial charge in [0.15, 0.2) is 11.5 Å². The van der Waals surface area contributed by atoms with E-state index in [-0.39, 0.29) is 5.91 Å². The zero-order chi connectivity index (χ0) is 13.3. The number of nitrogens with two attached hydrogens (primary N) is 1. The molecule has 0 unspecified atom stereocenters. The van der Waals surface area contributed by atoms with Gasteiger partial charge in [-0.15, -0.1) is 0 Å². The van der Waals surface area contributed by atoms with Gasteiger partial charge in [-0.05, 0) is 37.0 Å². The van der Waals surface area contributed by atoms with Crippen molar-refractivity contribution in [2.45, 2.75) is 24.8 Å². The molecule has 1 aromatic carbocycles. The summed E-state index contributed by atoms with van der Waals surface area (Å²) in [6.07, 6.45) is 2.35. The van der Waals surface area contributed by atoms with Crippen molar-refractivity contribution in [2.24, 2.45) is 5.73 Å². The molecule has 1 aliphatic heterocycles. The highest BCUT2D eigenvalue weighted by atomic mass is 16.6. The molecule has 102 valence electrons. The van der Waals surface area contributed by atoms with Gasteiger partial charge in [0.1, 0.15) is 13.2 Å². The summed E-state index contributed by atoms with van der Waals surface area (Å²) in [4.78, 5) is 11.7. The Morgan fingerprint density at radius 2 is 2.00 bits per heavy atom. The van der Waals surface area contributed by atoms with Crippen LogP contribution >= 0.6 is 0 Å². The molecule has 2 aliphatic rings. The molecule has 3 N–H and O–H groups in total. The summed E-state index contributed by atoms with van der Waals surface area (Å²) < 4.78 is 11.0. The van der Waals surface area contributed by atoms with Crippen molar-refractivity contribution in [3.05, 3.63) is 23.8 Å². The maximum absolute atomic E-state index is 11.7. The summed E-state index contributed by atoms with van der Waals surface area (Å²) in [5.74, 6) is 1.54. The van der Waals surface area contributed by atoms with Crippen LogP contribution in [0.25, 0.3) is 0 Å². The quantitative estimate of drug-likeness (QED) is 0.833. The third-order valence-electron chi connectivity index (χ3n) is 3.55. The second-order valence-electron chi connectivity index (χ2n) is 5.14. The Morgan fingerprint density at radius 3 is 2.74 bits per heavy atom. The summed E-state index contributed by atoms with van der Waals surface area (Å²) in [6.45, 7) is 1.78. The van der Waals surface area contributed by atoms with E-state index in [0.29, 0.717) is 19.8 Å². The predicted octanol–water partition coefficient (Wildman–Crippen LogP) is 0.608. The summed E-state index contributed by atoms with van der Waals surface area (Å²) >= 11 is 0. The highest BCUT2D eigenvalue weighted by Crippen LogP contribution is 2.32. The first kappa shape index (κ1) is 12.3. The number of fused-ring (bicyclic) bond motifs is 1. The number of rotatable bonds is 4. The number of carbonyl (C=O) groups is 1. The fourth-order valence-electron chi connectivity index (χ4n) is 2.10. The number of carbonyl (C=O) groups excluding carboxylic acids is 1. The number of benzene rings is 1. The maximum atomic E-state index is 11.7. The van der Waals surface area contributed by atoms with Crippen molar-refractivity contribution in [1.82, 2.24) is 5.32 Å². The summed E-state index contributed by atoms with van der Waals surface area (Å²) in [7, 11) is 0. The standard InChI is InChI=1S/C14H18N2O3/c15-14(4-5-14)13(17)16-6-3-10-1-2-11-12(9-10)19-8-7-18-11/h1-2,9H,3-8,15H2,(H,16,17). The molecule has 0 spiro atoms. The van der Waals surface area contributed by atoms with E-state index in [1.165, 1.54) is 0 Å². The molecule has 0 saturated heterocycles. The van der Waals surface area contributed by atoms with Gasteiger partial charge in [0.2, 0.25) is 5.91 Å². The van der Waals surface area contributed by atoms with Gasteiger partial charge >= 0.3 is 0 Å². The van der Waals surface area contributed by atoms with Crippen LogP contribution in [0.1, 0.15) is 18.4 Å². The molecule has 1 aliphatic carbocycles. The lowest BCUT2D eigenvalue weighted by molar-refractivity contribution is -0.123. The van der Waals surface area contributed by atoms with Crippen LogP contribution < -0.4 is 20.5 Å². The van der Waals surface area contributed by atoms with Crippen LogP contribution in [0.5, 0.6) is 11.5 Å². The highest BCUT2D eigenvalue weighted by Gasteiger charge is 2.45. The molecule has 1 saturated carbocycles. The molecule has 0 bridgehead atoms. The van der Waals surface area contributed by atoms with Crippen LogP contribution in [-0.2, 0) is 11.2 Å². The Hall–Kier alpha value is -1.75. The second kappa shape index (κ2) is 4.74. The van der Waals surface area contributed by atoms with E-state index in [1.54, 1.807) is 0 Å². The Labute approximate surface area is 112 Å². The van der Waals surface area contributed by atoms with E-state index < -0.39 is 5.54 Å². The van der Waals surface area contributed by atoms with E-state index in [1.807, 2.05) is 18.2 Å². The lowest BCUT2D eigenvalue weighted by Crippen LogP contribution is -2.43. The Morgan fingerprint density at radius 1 is 1.26 bits per heavy atom. The van der Waals surface area contributed by atoms with Crippen LogP contribution in [0.2, 0.25) is 0 Å². The van der Waals surface area contributed by atoms with Crippen molar-refractivity contribution < 1.29 is 14.3 Å². The molecule has 0 aromatic heterocycles. The first-order valence-electron chi connectivity index (χ1n) is 6.63. The predicted molar refractivity (Wildman–Crippen MR) is 70.3 cm³/mol. The normalized spacial score (nSPS) is 18.8. The van der Waals surface area contributed by atoms with Crippen molar-refractivity contribution in [2.75, 3.05) is 19.8 Å². The lowest BCUT2D eigenvalue weighted by atomic mass is 10.1. The molecule has 0 atom stereocenters. The number of hydrogen-bond donors (Lipinski definition) is 2. The average Bonchev–Trinajstić information content (AvgIpc) is 3.18. The molecule has 1 amide bonds. The average molecular weight is 262 g/mol. The molecule has 5 nitrogen and oxygen atoms in total. The fraction of sp³-hybridized carbons (Fsp3) is 0.500. The molecular weight excluding hydrogens is 244 g/mol. The van der Waals surface area contributed by atoms with Crippen LogP contribution in [0.4, 0.5) is 0 Å². The second-order valence-corrected chi connectivity index (χ2v) is 5.14. The number of nitrogens with one attached hydrogen (secondary N) is 1. The third-order valence-corrected chi connectivity index (χ3v) is 3.55. The van der Waals surface area contributed by atoms with Gasteiger partial charge in [0, 0.05) is 6.54 Å². The number of hydrogen-bond acceptors (Lipinski definition) is 4.